The van der Waals surface area contributed by atoms with Crippen molar-refractivity contribution in [1.29, 1.82) is 5.26 Å². The number of hydrogen-bond donors (Lipinski definition) is 0. The number of carbonyl (C=O) groups is 1. The highest BCUT2D eigenvalue weighted by molar-refractivity contribution is 5.82. The summed E-state index contributed by atoms with van der Waals surface area (Å²) in [5, 5.41) is 8.47. The van der Waals surface area contributed by atoms with Crippen molar-refractivity contribution in [2.24, 2.45) is 5.92 Å². The molecule has 0 aromatic heterocycles. The number of carbonyl (C=O) groups excluding carboxylic acids is 1. The van der Waals surface area contributed by atoms with Gasteiger partial charge in [0, 0.05) is 0 Å². The van der Waals surface area contributed by atoms with Crippen LogP contribution in [-0.2, 0) is 4.79 Å². The summed E-state index contributed by atoms with van der Waals surface area (Å²) in [6.45, 7) is 3.49. The lowest BCUT2D eigenvalue weighted by molar-refractivity contribution is -0.118. The Balaban J connectivity index is 3.90. The number of Topliss-reactive ketones (excluding diaryl/α,β-unsaturated/α-hetero) is 1. The molecule has 2 heteroatoms. The Bertz CT molecular complexity index is 188. The molecule has 0 saturated heterocycles. The summed E-state index contributed by atoms with van der Waals surface area (Å²) < 4.78 is 0. The van der Waals surface area contributed by atoms with E-state index in [2.05, 4.69) is 6.92 Å². The van der Waals surface area contributed by atoms with Gasteiger partial charge in [0.2, 0.25) is 0 Å². The number of allylic oxidation sites excluding steroid dienone is 2. The number of rotatable bonds is 4. The van der Waals surface area contributed by atoms with Crippen LogP contribution in [-0.4, -0.2) is 5.78 Å². The Morgan fingerprint density at radius 3 is 2.73 bits per heavy atom. The Labute approximate surface area is 67.5 Å². The maximum absolute atomic E-state index is 10.7. The van der Waals surface area contributed by atoms with Crippen molar-refractivity contribution in [3.05, 3.63) is 12.2 Å². The van der Waals surface area contributed by atoms with Crippen LogP contribution in [0.4, 0.5) is 0 Å². The summed E-state index contributed by atoms with van der Waals surface area (Å²) in [5.74, 6) is -0.624. The van der Waals surface area contributed by atoms with Crippen molar-refractivity contribution in [1.82, 2.24) is 0 Å². The van der Waals surface area contributed by atoms with Crippen molar-refractivity contribution in [2.75, 3.05) is 0 Å². The van der Waals surface area contributed by atoms with Gasteiger partial charge in [0.1, 0.15) is 5.92 Å². The summed E-state index contributed by atoms with van der Waals surface area (Å²) in [6, 6.07) is 1.92. The van der Waals surface area contributed by atoms with E-state index >= 15 is 0 Å². The second kappa shape index (κ2) is 5.67. The van der Waals surface area contributed by atoms with Crippen LogP contribution in [0.1, 0.15) is 26.7 Å². The predicted molar refractivity (Wildman–Crippen MR) is 43.8 cm³/mol. The molecule has 0 fully saturated rings. The highest BCUT2D eigenvalue weighted by atomic mass is 16.1. The molecule has 1 atom stereocenters. The largest absolute Gasteiger partial charge is 0.298 e. The van der Waals surface area contributed by atoms with Crippen molar-refractivity contribution in [3.63, 3.8) is 0 Å². The molecule has 0 saturated carbocycles. The van der Waals surface area contributed by atoms with Gasteiger partial charge in [-0.15, -0.1) is 0 Å². The van der Waals surface area contributed by atoms with Gasteiger partial charge in [0.05, 0.1) is 6.07 Å². The van der Waals surface area contributed by atoms with Gasteiger partial charge in [-0.2, -0.15) is 5.26 Å². The van der Waals surface area contributed by atoms with Gasteiger partial charge in [-0.3, -0.25) is 4.79 Å². The minimum atomic E-state index is -0.540. The zero-order valence-electron chi connectivity index (χ0n) is 7.00. The lowest BCUT2D eigenvalue weighted by atomic mass is 10.1. The average molecular weight is 151 g/mol. The molecule has 0 aromatic carbocycles. The van der Waals surface area contributed by atoms with E-state index in [1.54, 1.807) is 6.08 Å². The topological polar surface area (TPSA) is 40.9 Å². The summed E-state index contributed by atoms with van der Waals surface area (Å²) in [7, 11) is 0. The van der Waals surface area contributed by atoms with Crippen LogP contribution in [0.3, 0.4) is 0 Å². The third-order valence-electron chi connectivity index (χ3n) is 1.36. The molecule has 0 aliphatic carbocycles. The fourth-order valence-electron chi connectivity index (χ4n) is 0.668. The van der Waals surface area contributed by atoms with Gasteiger partial charge in [0.15, 0.2) is 5.78 Å². The third-order valence-corrected chi connectivity index (χ3v) is 1.36. The first-order valence-electron chi connectivity index (χ1n) is 3.79. The van der Waals surface area contributed by atoms with Crippen LogP contribution >= 0.6 is 0 Å². The van der Waals surface area contributed by atoms with Crippen molar-refractivity contribution < 1.29 is 4.79 Å². The zero-order valence-corrected chi connectivity index (χ0v) is 7.00. The fourth-order valence-corrected chi connectivity index (χ4v) is 0.668. The molecule has 0 spiro atoms. The van der Waals surface area contributed by atoms with Gasteiger partial charge in [-0.05, 0) is 13.3 Å². The Morgan fingerprint density at radius 1 is 1.73 bits per heavy atom. The van der Waals surface area contributed by atoms with E-state index in [-0.39, 0.29) is 5.78 Å². The van der Waals surface area contributed by atoms with Crippen LogP contribution < -0.4 is 0 Å². The lowest BCUT2D eigenvalue weighted by Gasteiger charge is -1.94. The summed E-state index contributed by atoms with van der Waals surface area (Å²) >= 11 is 0. The predicted octanol–water partition coefficient (Wildman–Crippen LogP) is 2.07. The van der Waals surface area contributed by atoms with E-state index < -0.39 is 5.92 Å². The van der Waals surface area contributed by atoms with E-state index in [1.165, 1.54) is 6.92 Å². The van der Waals surface area contributed by atoms with Crippen LogP contribution in [0.5, 0.6) is 0 Å². The standard InChI is InChI=1S/C9H13NO/c1-3-4-5-6-9(7-10)8(2)11/h5-6,9H,3-4H2,1-2H3. The number of nitriles is 1. The summed E-state index contributed by atoms with van der Waals surface area (Å²) in [4.78, 5) is 10.7. The lowest BCUT2D eigenvalue weighted by Crippen LogP contribution is -2.03. The van der Waals surface area contributed by atoms with E-state index in [1.807, 2.05) is 12.1 Å². The zero-order chi connectivity index (χ0) is 8.69. The molecule has 11 heavy (non-hydrogen) atoms. The Morgan fingerprint density at radius 2 is 2.36 bits per heavy atom. The monoisotopic (exact) mass is 151 g/mol. The number of nitrogens with zero attached hydrogens (tertiary/aromatic N) is 1. The van der Waals surface area contributed by atoms with Crippen LogP contribution in [0.25, 0.3) is 0 Å². The molecule has 60 valence electrons. The minimum Gasteiger partial charge on any atom is -0.298 e. The molecule has 0 N–H and O–H groups in total. The number of hydrogen-bond acceptors (Lipinski definition) is 2. The van der Waals surface area contributed by atoms with Crippen molar-refractivity contribution >= 4 is 5.78 Å². The third kappa shape index (κ3) is 4.32. The summed E-state index contributed by atoms with van der Waals surface area (Å²) in [5.41, 5.74) is 0. The molecule has 0 radical (unpaired) electrons. The Kier molecular flexibility index (Phi) is 5.10. The fraction of sp³-hybridized carbons (Fsp3) is 0.556. The molecular formula is C9H13NO. The maximum atomic E-state index is 10.7. The maximum Gasteiger partial charge on any atom is 0.150 e. The average Bonchev–Trinajstić information content (AvgIpc) is 1.97. The van der Waals surface area contributed by atoms with Gasteiger partial charge < -0.3 is 0 Å². The molecule has 1 unspecified atom stereocenters. The first-order valence-corrected chi connectivity index (χ1v) is 3.79. The second-order valence-electron chi connectivity index (χ2n) is 2.43. The molecule has 0 aromatic rings. The van der Waals surface area contributed by atoms with Crippen LogP contribution in [0.2, 0.25) is 0 Å². The molecule has 2 nitrogen and oxygen atoms in total. The Hall–Kier alpha value is -1.10. The summed E-state index contributed by atoms with van der Waals surface area (Å²) in [6.07, 6.45) is 5.54. The molecular weight excluding hydrogens is 138 g/mol. The minimum absolute atomic E-state index is 0.0835. The smallest absolute Gasteiger partial charge is 0.150 e. The quantitative estimate of drug-likeness (QED) is 0.577. The van der Waals surface area contributed by atoms with Crippen molar-refractivity contribution in [3.8, 4) is 6.07 Å². The van der Waals surface area contributed by atoms with E-state index in [9.17, 15) is 4.79 Å². The van der Waals surface area contributed by atoms with E-state index in [0.29, 0.717) is 0 Å². The normalized spacial score (nSPS) is 12.8. The van der Waals surface area contributed by atoms with Crippen LogP contribution in [0.15, 0.2) is 12.2 Å². The second-order valence-corrected chi connectivity index (χ2v) is 2.43. The highest BCUT2D eigenvalue weighted by Crippen LogP contribution is 2.00. The van der Waals surface area contributed by atoms with Gasteiger partial charge >= 0.3 is 0 Å². The molecule has 0 rings (SSSR count). The molecule has 0 aliphatic rings. The van der Waals surface area contributed by atoms with Crippen molar-refractivity contribution in [2.45, 2.75) is 26.7 Å². The molecule has 0 heterocycles. The SMILES string of the molecule is CCCC=CC(C#N)C(C)=O. The van der Waals surface area contributed by atoms with Gasteiger partial charge in [-0.25, -0.2) is 0 Å². The van der Waals surface area contributed by atoms with Gasteiger partial charge in [0.25, 0.3) is 0 Å². The van der Waals surface area contributed by atoms with E-state index in [0.717, 1.165) is 12.8 Å². The first kappa shape index (κ1) is 9.90. The number of ketones is 1. The molecule has 0 amide bonds. The van der Waals surface area contributed by atoms with E-state index in [4.69, 9.17) is 5.26 Å². The van der Waals surface area contributed by atoms with Crippen LogP contribution in [0, 0.1) is 17.2 Å². The number of unbranched alkanes of at least 4 members (excludes halogenated alkanes) is 1. The first-order chi connectivity index (χ1) is 5.22. The highest BCUT2D eigenvalue weighted by Gasteiger charge is 2.06. The molecule has 0 aliphatic heterocycles. The molecule has 0 bridgehead atoms. The van der Waals surface area contributed by atoms with Gasteiger partial charge in [-0.1, -0.05) is 25.5 Å².